The summed E-state index contributed by atoms with van der Waals surface area (Å²) in [6, 6.07) is 1.61. The monoisotopic (exact) mass is 296 g/mol. The number of fused-ring (bicyclic) bond motifs is 1. The van der Waals surface area contributed by atoms with Gasteiger partial charge in [0.05, 0.1) is 5.60 Å². The van der Waals surface area contributed by atoms with Crippen molar-refractivity contribution in [3.63, 3.8) is 0 Å². The second kappa shape index (κ2) is 5.79. The van der Waals surface area contributed by atoms with Crippen molar-refractivity contribution in [2.75, 3.05) is 37.7 Å². The number of likely N-dealkylation sites (tertiary alicyclic amines) is 1. The molecular formula is C16H28N2OS. The van der Waals surface area contributed by atoms with Crippen molar-refractivity contribution in [3.05, 3.63) is 0 Å². The zero-order valence-electron chi connectivity index (χ0n) is 12.5. The molecule has 0 radical (unpaired) electrons. The summed E-state index contributed by atoms with van der Waals surface area (Å²) < 4.78 is 6.28. The number of hydrogen-bond donors (Lipinski definition) is 1. The predicted molar refractivity (Wildman–Crippen MR) is 84.4 cm³/mol. The van der Waals surface area contributed by atoms with Gasteiger partial charge in [-0.25, -0.2) is 0 Å². The van der Waals surface area contributed by atoms with Gasteiger partial charge in [0.25, 0.3) is 0 Å². The Labute approximate surface area is 127 Å². The van der Waals surface area contributed by atoms with Crippen molar-refractivity contribution < 1.29 is 4.74 Å². The molecule has 0 bridgehead atoms. The summed E-state index contributed by atoms with van der Waals surface area (Å²) >= 11 is 2.11. The third kappa shape index (κ3) is 2.53. The molecule has 4 aliphatic heterocycles. The minimum atomic E-state index is 0.243. The molecule has 1 spiro atoms. The van der Waals surface area contributed by atoms with Gasteiger partial charge < -0.3 is 10.1 Å². The number of nitrogens with zero attached hydrogens (tertiary/aromatic N) is 1. The van der Waals surface area contributed by atoms with Gasteiger partial charge in [0.15, 0.2) is 0 Å². The molecule has 4 rings (SSSR count). The van der Waals surface area contributed by atoms with Crippen molar-refractivity contribution >= 4 is 11.8 Å². The van der Waals surface area contributed by atoms with Crippen molar-refractivity contribution in [1.82, 2.24) is 10.2 Å². The summed E-state index contributed by atoms with van der Waals surface area (Å²) in [5, 5.41) is 3.63. The lowest BCUT2D eigenvalue weighted by atomic mass is 9.82. The van der Waals surface area contributed by atoms with E-state index in [1.165, 1.54) is 69.7 Å². The molecular weight excluding hydrogens is 268 g/mol. The third-order valence-corrected chi connectivity index (χ3v) is 7.05. The Bertz CT molecular complexity index is 340. The molecule has 3 unspecified atom stereocenters. The molecule has 3 nitrogen and oxygen atoms in total. The van der Waals surface area contributed by atoms with Crippen LogP contribution in [0.25, 0.3) is 0 Å². The lowest BCUT2D eigenvalue weighted by Gasteiger charge is -2.50. The standard InChI is InChI=1S/C16H28N2OS/c1-2-13-11-17-12-15(13)18(6-1)14-3-7-19-16(10-14)4-8-20-9-5-16/h13-15,17H,1-12H2. The number of ether oxygens (including phenoxy) is 1. The van der Waals surface area contributed by atoms with E-state index in [-0.39, 0.29) is 5.60 Å². The van der Waals surface area contributed by atoms with E-state index in [1.54, 1.807) is 0 Å². The van der Waals surface area contributed by atoms with Crippen LogP contribution in [0, 0.1) is 5.92 Å². The molecule has 1 N–H and O–H groups in total. The highest BCUT2D eigenvalue weighted by Gasteiger charge is 2.44. The molecule has 4 fully saturated rings. The number of nitrogens with one attached hydrogen (secondary N) is 1. The average Bonchev–Trinajstić information content (AvgIpc) is 2.96. The van der Waals surface area contributed by atoms with Gasteiger partial charge in [0.2, 0.25) is 0 Å². The molecule has 3 atom stereocenters. The van der Waals surface area contributed by atoms with Crippen LogP contribution in [0.4, 0.5) is 0 Å². The van der Waals surface area contributed by atoms with E-state index >= 15 is 0 Å². The van der Waals surface area contributed by atoms with Crippen molar-refractivity contribution in [2.45, 2.75) is 56.2 Å². The van der Waals surface area contributed by atoms with E-state index in [9.17, 15) is 0 Å². The normalized spacial score (nSPS) is 41.7. The average molecular weight is 296 g/mol. The van der Waals surface area contributed by atoms with Gasteiger partial charge in [-0.15, -0.1) is 0 Å². The first-order valence-corrected chi connectivity index (χ1v) is 9.70. The van der Waals surface area contributed by atoms with Crippen LogP contribution in [0.2, 0.25) is 0 Å². The van der Waals surface area contributed by atoms with E-state index in [1.807, 2.05) is 0 Å². The van der Waals surface area contributed by atoms with Gasteiger partial charge in [-0.2, -0.15) is 11.8 Å². The molecule has 0 aromatic carbocycles. The molecule has 0 aromatic heterocycles. The molecule has 0 aromatic rings. The topological polar surface area (TPSA) is 24.5 Å². The Morgan fingerprint density at radius 2 is 2.05 bits per heavy atom. The quantitative estimate of drug-likeness (QED) is 0.801. The van der Waals surface area contributed by atoms with Gasteiger partial charge >= 0.3 is 0 Å². The summed E-state index contributed by atoms with van der Waals surface area (Å²) in [4.78, 5) is 2.88. The summed E-state index contributed by atoms with van der Waals surface area (Å²) in [7, 11) is 0. The maximum absolute atomic E-state index is 6.28. The largest absolute Gasteiger partial charge is 0.375 e. The van der Waals surface area contributed by atoms with Crippen LogP contribution in [-0.2, 0) is 4.74 Å². The number of hydrogen-bond acceptors (Lipinski definition) is 4. The second-order valence-corrected chi connectivity index (χ2v) is 8.38. The van der Waals surface area contributed by atoms with Gasteiger partial charge in [0.1, 0.15) is 0 Å². The summed E-state index contributed by atoms with van der Waals surface area (Å²) in [6.07, 6.45) is 7.99. The van der Waals surface area contributed by atoms with E-state index < -0.39 is 0 Å². The molecule has 0 saturated carbocycles. The first-order valence-electron chi connectivity index (χ1n) is 8.55. The maximum atomic E-state index is 6.28. The van der Waals surface area contributed by atoms with Gasteiger partial charge in [-0.1, -0.05) is 0 Å². The van der Waals surface area contributed by atoms with Crippen LogP contribution in [0.1, 0.15) is 38.5 Å². The van der Waals surface area contributed by atoms with Crippen molar-refractivity contribution in [2.24, 2.45) is 5.92 Å². The molecule has 4 saturated heterocycles. The van der Waals surface area contributed by atoms with Crippen LogP contribution in [-0.4, -0.2) is 60.3 Å². The zero-order valence-corrected chi connectivity index (χ0v) is 13.3. The molecule has 0 amide bonds. The molecule has 20 heavy (non-hydrogen) atoms. The van der Waals surface area contributed by atoms with Crippen LogP contribution >= 0.6 is 11.8 Å². The van der Waals surface area contributed by atoms with E-state index in [0.717, 1.165) is 24.6 Å². The summed E-state index contributed by atoms with van der Waals surface area (Å²) in [6.45, 7) is 4.81. The number of piperidine rings is 1. The van der Waals surface area contributed by atoms with Crippen LogP contribution in [0.15, 0.2) is 0 Å². The van der Waals surface area contributed by atoms with Crippen LogP contribution < -0.4 is 5.32 Å². The fourth-order valence-corrected chi connectivity index (χ4v) is 6.17. The van der Waals surface area contributed by atoms with Crippen molar-refractivity contribution in [3.8, 4) is 0 Å². The SMILES string of the molecule is C1CC2CNCC2N(C2CCOC3(CCSCC3)C2)C1. The highest BCUT2D eigenvalue weighted by molar-refractivity contribution is 7.99. The van der Waals surface area contributed by atoms with Crippen LogP contribution in [0.5, 0.6) is 0 Å². The predicted octanol–water partition coefficient (Wildman–Crippen LogP) is 2.11. The Hall–Kier alpha value is 0.230. The minimum Gasteiger partial charge on any atom is -0.375 e. The highest BCUT2D eigenvalue weighted by atomic mass is 32.2. The number of rotatable bonds is 1. The Balaban J connectivity index is 1.47. The Kier molecular flexibility index (Phi) is 4.01. The molecule has 0 aliphatic carbocycles. The molecule has 4 aliphatic rings. The fraction of sp³-hybridized carbons (Fsp3) is 1.00. The Morgan fingerprint density at radius 3 is 2.95 bits per heavy atom. The van der Waals surface area contributed by atoms with Gasteiger partial charge in [-0.3, -0.25) is 4.90 Å². The summed E-state index contributed by atoms with van der Waals surface area (Å²) in [5.74, 6) is 3.53. The van der Waals surface area contributed by atoms with E-state index in [0.29, 0.717) is 0 Å². The van der Waals surface area contributed by atoms with Gasteiger partial charge in [0, 0.05) is 25.2 Å². The first kappa shape index (κ1) is 13.9. The second-order valence-electron chi connectivity index (χ2n) is 7.16. The fourth-order valence-electron chi connectivity index (χ4n) is 4.93. The zero-order chi connectivity index (χ0) is 13.4. The number of thioether (sulfide) groups is 1. The Morgan fingerprint density at radius 1 is 1.15 bits per heavy atom. The smallest absolute Gasteiger partial charge is 0.0713 e. The van der Waals surface area contributed by atoms with Crippen LogP contribution in [0.3, 0.4) is 0 Å². The first-order chi connectivity index (χ1) is 9.86. The lowest BCUT2D eigenvalue weighted by molar-refractivity contribution is -0.119. The van der Waals surface area contributed by atoms with Gasteiger partial charge in [-0.05, 0) is 69.0 Å². The van der Waals surface area contributed by atoms with Crippen molar-refractivity contribution in [1.29, 1.82) is 0 Å². The molecule has 114 valence electrons. The summed E-state index contributed by atoms with van der Waals surface area (Å²) in [5.41, 5.74) is 0.243. The maximum Gasteiger partial charge on any atom is 0.0713 e. The molecule has 4 heteroatoms. The highest BCUT2D eigenvalue weighted by Crippen LogP contribution is 2.41. The van der Waals surface area contributed by atoms with E-state index in [4.69, 9.17) is 4.74 Å². The van der Waals surface area contributed by atoms with E-state index in [2.05, 4.69) is 22.0 Å². The molecule has 4 heterocycles. The lowest BCUT2D eigenvalue weighted by Crippen LogP contribution is -2.56. The third-order valence-electron chi connectivity index (χ3n) is 6.06. The minimum absolute atomic E-state index is 0.243.